The van der Waals surface area contributed by atoms with E-state index in [-0.39, 0.29) is 0 Å². The minimum Gasteiger partial charge on any atom is -0.370 e. The summed E-state index contributed by atoms with van der Waals surface area (Å²) >= 11 is 12.6. The molecular weight excluding hydrogens is 397 g/mol. The molecule has 2 heterocycles. The lowest BCUT2D eigenvalue weighted by Crippen LogP contribution is -2.25. The molecule has 3 rings (SSSR count). The van der Waals surface area contributed by atoms with Gasteiger partial charge in [0.25, 0.3) is 0 Å². The molecule has 28 heavy (non-hydrogen) atoms. The summed E-state index contributed by atoms with van der Waals surface area (Å²) in [4.78, 5) is 15.8. The van der Waals surface area contributed by atoms with Crippen LogP contribution in [0.25, 0.3) is 11.0 Å². The van der Waals surface area contributed by atoms with Crippen molar-refractivity contribution in [3.63, 3.8) is 0 Å². The molecule has 0 spiro atoms. The van der Waals surface area contributed by atoms with Gasteiger partial charge in [0, 0.05) is 30.1 Å². The van der Waals surface area contributed by atoms with E-state index in [4.69, 9.17) is 23.4 Å². The van der Waals surface area contributed by atoms with E-state index in [9.17, 15) is 0 Å². The number of rotatable bonds is 9. The van der Waals surface area contributed by atoms with Crippen molar-refractivity contribution in [3.8, 4) is 0 Å². The van der Waals surface area contributed by atoms with Crippen LogP contribution in [-0.4, -0.2) is 50.1 Å². The Bertz CT molecular complexity index is 937. The zero-order valence-electron chi connectivity index (χ0n) is 16.3. The third kappa shape index (κ3) is 4.84. The Morgan fingerprint density at radius 2 is 1.93 bits per heavy atom. The molecule has 2 aromatic heterocycles. The number of fused-ring (bicyclic) bond motifs is 1. The normalized spacial score (nSPS) is 11.4. The molecule has 7 nitrogen and oxygen atoms in total. The van der Waals surface area contributed by atoms with Crippen molar-refractivity contribution in [3.05, 3.63) is 35.0 Å². The number of anilines is 3. The second-order valence-electron chi connectivity index (χ2n) is 6.47. The second-order valence-corrected chi connectivity index (χ2v) is 7.22. The minimum atomic E-state index is 0.419. The van der Waals surface area contributed by atoms with E-state index in [2.05, 4.69) is 44.3 Å². The molecule has 150 valence electrons. The van der Waals surface area contributed by atoms with E-state index in [1.54, 1.807) is 6.07 Å². The summed E-state index contributed by atoms with van der Waals surface area (Å²) in [6.45, 7) is 10.3. The van der Waals surface area contributed by atoms with Crippen LogP contribution in [0.15, 0.2) is 24.3 Å². The molecule has 0 atom stereocenters. The number of hydrogen-bond donors (Lipinski definition) is 2. The van der Waals surface area contributed by atoms with Gasteiger partial charge in [-0.2, -0.15) is 4.98 Å². The number of imidazole rings is 1. The number of halogens is 2. The van der Waals surface area contributed by atoms with Crippen molar-refractivity contribution < 1.29 is 0 Å². The predicted octanol–water partition coefficient (Wildman–Crippen LogP) is 4.68. The van der Waals surface area contributed by atoms with Gasteiger partial charge in [0.05, 0.1) is 10.5 Å². The van der Waals surface area contributed by atoms with Crippen LogP contribution in [0.4, 0.5) is 17.7 Å². The van der Waals surface area contributed by atoms with Gasteiger partial charge < -0.3 is 10.2 Å². The third-order valence-corrected chi connectivity index (χ3v) is 5.16. The van der Waals surface area contributed by atoms with Gasteiger partial charge in [0.2, 0.25) is 11.9 Å². The first-order valence-corrected chi connectivity index (χ1v) is 10.2. The summed E-state index contributed by atoms with van der Waals surface area (Å²) in [6, 6.07) is 7.38. The Morgan fingerprint density at radius 3 is 2.64 bits per heavy atom. The van der Waals surface area contributed by atoms with Crippen molar-refractivity contribution >= 4 is 52.1 Å². The summed E-state index contributed by atoms with van der Waals surface area (Å²) in [5.74, 6) is 1.62. The van der Waals surface area contributed by atoms with Gasteiger partial charge >= 0.3 is 0 Å². The van der Waals surface area contributed by atoms with Crippen molar-refractivity contribution in [2.24, 2.45) is 0 Å². The predicted molar refractivity (Wildman–Crippen MR) is 117 cm³/mol. The largest absolute Gasteiger partial charge is 0.370 e. The van der Waals surface area contributed by atoms with Gasteiger partial charge in [-0.25, -0.2) is 14.1 Å². The van der Waals surface area contributed by atoms with Crippen LogP contribution < -0.4 is 10.6 Å². The van der Waals surface area contributed by atoms with Gasteiger partial charge in [0.15, 0.2) is 0 Å². The Morgan fingerprint density at radius 1 is 1.14 bits per heavy atom. The summed E-state index contributed by atoms with van der Waals surface area (Å²) in [6.07, 6.45) is 1.05. The van der Waals surface area contributed by atoms with Crippen molar-refractivity contribution in [1.29, 1.82) is 0 Å². The first-order chi connectivity index (χ1) is 13.5. The van der Waals surface area contributed by atoms with Crippen LogP contribution in [0.1, 0.15) is 26.0 Å². The Hall–Kier alpha value is -2.09. The molecule has 0 bridgehead atoms. The quantitative estimate of drug-likeness (QED) is 0.488. The number of para-hydroxylation sites is 1. The first kappa shape index (κ1) is 20.6. The van der Waals surface area contributed by atoms with Gasteiger partial charge in [0.1, 0.15) is 11.3 Å². The van der Waals surface area contributed by atoms with E-state index in [0.717, 1.165) is 49.6 Å². The molecular formula is C19H25Cl2N7. The molecule has 9 heteroatoms. The molecule has 0 fully saturated rings. The molecule has 0 saturated carbocycles. The van der Waals surface area contributed by atoms with Crippen LogP contribution in [0.5, 0.6) is 0 Å². The minimum absolute atomic E-state index is 0.419. The smallest absolute Gasteiger partial charge is 0.231 e. The van der Waals surface area contributed by atoms with E-state index in [1.165, 1.54) is 4.09 Å². The maximum Gasteiger partial charge on any atom is 0.231 e. The average molecular weight is 422 g/mol. The topological polar surface area (TPSA) is 70.9 Å². The number of benzene rings is 1. The van der Waals surface area contributed by atoms with E-state index in [0.29, 0.717) is 22.4 Å². The van der Waals surface area contributed by atoms with Crippen molar-refractivity contribution in [2.45, 2.75) is 27.2 Å². The summed E-state index contributed by atoms with van der Waals surface area (Å²) < 4.78 is 1.42. The van der Waals surface area contributed by atoms with Crippen LogP contribution in [0.3, 0.4) is 0 Å². The lowest BCUT2D eigenvalue weighted by molar-refractivity contribution is 0.303. The van der Waals surface area contributed by atoms with E-state index < -0.39 is 0 Å². The fraction of sp³-hybridized carbons (Fsp3) is 0.421. The van der Waals surface area contributed by atoms with Gasteiger partial charge in [-0.3, -0.25) is 5.32 Å². The Labute approximate surface area is 175 Å². The highest BCUT2D eigenvalue weighted by Gasteiger charge is 2.13. The van der Waals surface area contributed by atoms with Crippen molar-refractivity contribution in [2.75, 3.05) is 36.8 Å². The van der Waals surface area contributed by atoms with Crippen LogP contribution in [-0.2, 0) is 0 Å². The average Bonchev–Trinajstić information content (AvgIpc) is 2.99. The molecule has 0 aliphatic rings. The molecule has 0 aliphatic carbocycles. The van der Waals surface area contributed by atoms with E-state index in [1.807, 2.05) is 25.1 Å². The maximum absolute atomic E-state index is 6.38. The highest BCUT2D eigenvalue weighted by Crippen LogP contribution is 2.28. The molecule has 2 N–H and O–H groups in total. The monoisotopic (exact) mass is 421 g/mol. The number of nitrogens with one attached hydrogen (secondary N) is 2. The molecule has 1 aromatic carbocycles. The molecule has 0 aliphatic heterocycles. The molecule has 0 radical (unpaired) electrons. The summed E-state index contributed by atoms with van der Waals surface area (Å²) in [5.41, 5.74) is 2.20. The SMILES string of the molecule is CCN(CC)CCCNc1cc(C)nc(Nc2nc3c(Cl)cccc3n2Cl)n1. The molecule has 3 aromatic rings. The Kier molecular flexibility index (Phi) is 6.93. The van der Waals surface area contributed by atoms with E-state index >= 15 is 0 Å². The lowest BCUT2D eigenvalue weighted by Gasteiger charge is -2.17. The number of nitrogens with zero attached hydrogens (tertiary/aromatic N) is 5. The van der Waals surface area contributed by atoms with Crippen LogP contribution in [0.2, 0.25) is 5.02 Å². The fourth-order valence-electron chi connectivity index (χ4n) is 2.99. The molecule has 0 unspecified atom stereocenters. The standard InChI is InChI=1S/C19H25Cl2N7/c1-4-27(5-2)11-7-10-22-16-12-13(3)23-18(24-16)26-19-25-17-14(20)8-6-9-15(17)28(19)21/h6,8-9,12H,4-5,7,10-11H2,1-3H3,(H2,22,23,24,25,26). The molecule has 0 saturated heterocycles. The lowest BCUT2D eigenvalue weighted by atomic mass is 10.3. The molecule has 0 amide bonds. The van der Waals surface area contributed by atoms with Gasteiger partial charge in [-0.1, -0.05) is 31.5 Å². The van der Waals surface area contributed by atoms with Crippen LogP contribution >= 0.6 is 23.4 Å². The van der Waals surface area contributed by atoms with Crippen LogP contribution in [0, 0.1) is 6.92 Å². The first-order valence-electron chi connectivity index (χ1n) is 9.43. The number of aromatic nitrogens is 4. The third-order valence-electron chi connectivity index (χ3n) is 4.51. The van der Waals surface area contributed by atoms with Crippen molar-refractivity contribution in [1.82, 2.24) is 23.9 Å². The highest BCUT2D eigenvalue weighted by molar-refractivity contribution is 6.35. The summed E-state index contributed by atoms with van der Waals surface area (Å²) in [5, 5.41) is 7.00. The fourth-order valence-corrected chi connectivity index (χ4v) is 3.42. The maximum atomic E-state index is 6.38. The van der Waals surface area contributed by atoms with Gasteiger partial charge in [-0.05, 0) is 45.1 Å². The second kappa shape index (κ2) is 9.41. The number of aryl methyl sites for hydroxylation is 1. The van der Waals surface area contributed by atoms with Gasteiger partial charge in [-0.15, -0.1) is 0 Å². The summed E-state index contributed by atoms with van der Waals surface area (Å²) in [7, 11) is 0. The number of hydrogen-bond acceptors (Lipinski definition) is 6. The highest BCUT2D eigenvalue weighted by atomic mass is 35.5. The zero-order valence-corrected chi connectivity index (χ0v) is 17.8. The zero-order chi connectivity index (χ0) is 20.1. The Balaban J connectivity index is 1.70.